The van der Waals surface area contributed by atoms with Crippen LogP contribution in [0, 0.1) is 0 Å². The zero-order valence-corrected chi connectivity index (χ0v) is 8.98. The summed E-state index contributed by atoms with van der Waals surface area (Å²) in [6, 6.07) is 11.2. The number of aromatic nitrogens is 1. The predicted molar refractivity (Wildman–Crippen MR) is 62.0 cm³/mol. The molecule has 4 nitrogen and oxygen atoms in total. The van der Waals surface area contributed by atoms with E-state index in [2.05, 4.69) is 0 Å². The first-order valence-electron chi connectivity index (χ1n) is 5.14. The van der Waals surface area contributed by atoms with Gasteiger partial charge in [-0.2, -0.15) is 0 Å². The van der Waals surface area contributed by atoms with Gasteiger partial charge in [-0.3, -0.25) is 4.79 Å². The van der Waals surface area contributed by atoms with Crippen LogP contribution in [0.1, 0.15) is 22.1 Å². The van der Waals surface area contributed by atoms with Gasteiger partial charge in [0.15, 0.2) is 12.3 Å². The van der Waals surface area contributed by atoms with Crippen molar-refractivity contribution in [2.45, 2.75) is 6.04 Å². The highest BCUT2D eigenvalue weighted by Gasteiger charge is 2.22. The lowest BCUT2D eigenvalue weighted by molar-refractivity contribution is -0.139. The van der Waals surface area contributed by atoms with Crippen molar-refractivity contribution in [1.82, 2.24) is 4.57 Å². The number of carbonyl (C=O) groups excluding carboxylic acids is 1. The Morgan fingerprint density at radius 3 is 2.47 bits per heavy atom. The second kappa shape index (κ2) is 4.65. The lowest BCUT2D eigenvalue weighted by Gasteiger charge is -2.16. The van der Waals surface area contributed by atoms with Crippen LogP contribution in [0.25, 0.3) is 0 Å². The topological polar surface area (TPSA) is 59.3 Å². The summed E-state index contributed by atoms with van der Waals surface area (Å²) in [5, 5.41) is 9.28. The number of carbonyl (C=O) groups is 2. The van der Waals surface area contributed by atoms with Gasteiger partial charge in [0.25, 0.3) is 0 Å². The van der Waals surface area contributed by atoms with Crippen LogP contribution in [-0.4, -0.2) is 21.9 Å². The third kappa shape index (κ3) is 2.10. The lowest BCUT2D eigenvalue weighted by Crippen LogP contribution is -2.21. The highest BCUT2D eigenvalue weighted by molar-refractivity contribution is 5.79. The molecule has 1 unspecified atom stereocenters. The molecule has 0 bridgehead atoms. The molecule has 0 aliphatic carbocycles. The normalized spacial score (nSPS) is 12.0. The van der Waals surface area contributed by atoms with E-state index >= 15 is 0 Å². The molecule has 0 amide bonds. The highest BCUT2D eigenvalue weighted by atomic mass is 16.4. The second-order valence-corrected chi connectivity index (χ2v) is 3.61. The van der Waals surface area contributed by atoms with E-state index in [1.807, 2.05) is 6.07 Å². The molecule has 2 aromatic rings. The summed E-state index contributed by atoms with van der Waals surface area (Å²) in [6.45, 7) is 0. The molecule has 0 aliphatic heterocycles. The lowest BCUT2D eigenvalue weighted by atomic mass is 10.1. The van der Waals surface area contributed by atoms with Gasteiger partial charge in [0.1, 0.15) is 0 Å². The van der Waals surface area contributed by atoms with Crippen LogP contribution in [0.5, 0.6) is 0 Å². The van der Waals surface area contributed by atoms with Gasteiger partial charge in [-0.15, -0.1) is 0 Å². The number of aliphatic carboxylic acids is 1. The van der Waals surface area contributed by atoms with Crippen molar-refractivity contribution in [1.29, 1.82) is 0 Å². The van der Waals surface area contributed by atoms with Crippen LogP contribution in [0.4, 0.5) is 0 Å². The Morgan fingerprint density at radius 2 is 1.88 bits per heavy atom. The van der Waals surface area contributed by atoms with E-state index in [4.69, 9.17) is 0 Å². The highest BCUT2D eigenvalue weighted by Crippen LogP contribution is 2.20. The molecule has 0 spiro atoms. The minimum Gasteiger partial charge on any atom is -0.479 e. The van der Waals surface area contributed by atoms with Gasteiger partial charge in [-0.25, -0.2) is 4.79 Å². The first kappa shape index (κ1) is 11.1. The van der Waals surface area contributed by atoms with Crippen LogP contribution >= 0.6 is 0 Å². The molecule has 0 aliphatic rings. The van der Waals surface area contributed by atoms with Crippen LogP contribution in [0.2, 0.25) is 0 Å². The Balaban J connectivity index is 2.51. The number of rotatable bonds is 4. The fourth-order valence-corrected chi connectivity index (χ4v) is 1.80. The Bertz CT molecular complexity index is 531. The number of carboxylic acid groups (broad SMARTS) is 1. The molecule has 0 fully saturated rings. The molecular formula is C13H11NO3. The molecule has 1 aromatic carbocycles. The summed E-state index contributed by atoms with van der Waals surface area (Å²) in [4.78, 5) is 22.2. The molecule has 2 rings (SSSR count). The summed E-state index contributed by atoms with van der Waals surface area (Å²) >= 11 is 0. The van der Waals surface area contributed by atoms with Crippen molar-refractivity contribution >= 4 is 12.3 Å². The fraction of sp³-hybridized carbons (Fsp3) is 0.0769. The van der Waals surface area contributed by atoms with Crippen molar-refractivity contribution in [2.75, 3.05) is 0 Å². The molecule has 1 atom stereocenters. The smallest absolute Gasteiger partial charge is 0.331 e. The standard InChI is InChI=1S/C13H11NO3/c15-9-11-7-4-8-14(11)12(13(16)17)10-5-2-1-3-6-10/h1-9,12H,(H,16,17). The van der Waals surface area contributed by atoms with Crippen LogP contribution < -0.4 is 0 Å². The number of carboxylic acids is 1. The zero-order chi connectivity index (χ0) is 12.3. The van der Waals surface area contributed by atoms with Crippen LogP contribution in [0.3, 0.4) is 0 Å². The van der Waals surface area contributed by atoms with Crippen LogP contribution in [-0.2, 0) is 4.79 Å². The predicted octanol–water partition coefficient (Wildman–Crippen LogP) is 1.97. The molecule has 0 saturated heterocycles. The van der Waals surface area contributed by atoms with E-state index in [9.17, 15) is 14.7 Å². The average Bonchev–Trinajstić information content (AvgIpc) is 2.78. The molecule has 0 saturated carbocycles. The molecule has 0 radical (unpaired) electrons. The largest absolute Gasteiger partial charge is 0.479 e. The third-order valence-electron chi connectivity index (χ3n) is 2.56. The summed E-state index contributed by atoms with van der Waals surface area (Å²) in [6.07, 6.45) is 2.24. The van der Waals surface area contributed by atoms with Crippen molar-refractivity contribution in [3.63, 3.8) is 0 Å². The summed E-state index contributed by atoms with van der Waals surface area (Å²) < 4.78 is 1.45. The molecule has 1 heterocycles. The maximum atomic E-state index is 11.3. The molecule has 1 N–H and O–H groups in total. The Hall–Kier alpha value is -2.36. The van der Waals surface area contributed by atoms with Crippen molar-refractivity contribution < 1.29 is 14.7 Å². The van der Waals surface area contributed by atoms with Gasteiger partial charge < -0.3 is 9.67 Å². The molecule has 86 valence electrons. The number of aldehydes is 1. The molecule has 17 heavy (non-hydrogen) atoms. The van der Waals surface area contributed by atoms with E-state index in [-0.39, 0.29) is 0 Å². The quantitative estimate of drug-likeness (QED) is 0.815. The molecule has 1 aromatic heterocycles. The minimum absolute atomic E-state index is 0.348. The van der Waals surface area contributed by atoms with E-state index in [0.717, 1.165) is 0 Å². The second-order valence-electron chi connectivity index (χ2n) is 3.61. The van der Waals surface area contributed by atoms with Gasteiger partial charge in [0, 0.05) is 6.20 Å². The van der Waals surface area contributed by atoms with Crippen molar-refractivity contribution in [3.8, 4) is 0 Å². The Kier molecular flexibility index (Phi) is 3.05. The van der Waals surface area contributed by atoms with Gasteiger partial charge in [0.05, 0.1) is 5.69 Å². The average molecular weight is 229 g/mol. The Morgan fingerprint density at radius 1 is 1.18 bits per heavy atom. The maximum absolute atomic E-state index is 11.3. The number of benzene rings is 1. The third-order valence-corrected chi connectivity index (χ3v) is 2.56. The molecule has 4 heteroatoms. The summed E-state index contributed by atoms with van der Waals surface area (Å²) in [5.41, 5.74) is 0.987. The van der Waals surface area contributed by atoms with Gasteiger partial charge in [-0.1, -0.05) is 30.3 Å². The zero-order valence-electron chi connectivity index (χ0n) is 8.98. The fourth-order valence-electron chi connectivity index (χ4n) is 1.80. The van der Waals surface area contributed by atoms with Crippen LogP contribution in [0.15, 0.2) is 48.7 Å². The summed E-state index contributed by atoms with van der Waals surface area (Å²) in [5.74, 6) is -0.990. The first-order valence-corrected chi connectivity index (χ1v) is 5.14. The minimum atomic E-state index is -0.990. The molecular weight excluding hydrogens is 218 g/mol. The number of nitrogens with zero attached hydrogens (tertiary/aromatic N) is 1. The van der Waals surface area contributed by atoms with Crippen molar-refractivity contribution in [2.24, 2.45) is 0 Å². The first-order chi connectivity index (χ1) is 8.24. The van der Waals surface area contributed by atoms with Crippen molar-refractivity contribution in [3.05, 3.63) is 59.9 Å². The maximum Gasteiger partial charge on any atom is 0.331 e. The number of hydrogen-bond donors (Lipinski definition) is 1. The van der Waals surface area contributed by atoms with Gasteiger partial charge in [0.2, 0.25) is 0 Å². The monoisotopic (exact) mass is 229 g/mol. The van der Waals surface area contributed by atoms with E-state index in [1.165, 1.54) is 4.57 Å². The van der Waals surface area contributed by atoms with E-state index in [0.29, 0.717) is 17.5 Å². The summed E-state index contributed by atoms with van der Waals surface area (Å²) in [7, 11) is 0. The van der Waals surface area contributed by atoms with Gasteiger partial charge in [-0.05, 0) is 17.7 Å². The van der Waals surface area contributed by atoms with E-state index < -0.39 is 12.0 Å². The number of hydrogen-bond acceptors (Lipinski definition) is 2. The van der Waals surface area contributed by atoms with E-state index in [1.54, 1.807) is 42.6 Å². The van der Waals surface area contributed by atoms with Gasteiger partial charge >= 0.3 is 5.97 Å². The SMILES string of the molecule is O=Cc1cccn1C(C(=O)O)c1ccccc1. The Labute approximate surface area is 98.1 Å².